The van der Waals surface area contributed by atoms with E-state index in [1.165, 1.54) is 51.5 Å². The Morgan fingerprint density at radius 1 is 1.20 bits per heavy atom. The molecule has 0 radical (unpaired) electrons. The molecule has 2 fully saturated rings. The summed E-state index contributed by atoms with van der Waals surface area (Å²) in [6.07, 6.45) is 9.94. The molecule has 1 heterocycles. The van der Waals surface area contributed by atoms with Crippen LogP contribution in [-0.4, -0.2) is 30.1 Å². The summed E-state index contributed by atoms with van der Waals surface area (Å²) in [5.41, 5.74) is 5.88. The van der Waals surface area contributed by atoms with E-state index in [1.807, 2.05) is 0 Å². The molecule has 2 aliphatic rings. The van der Waals surface area contributed by atoms with E-state index in [0.717, 1.165) is 18.5 Å². The lowest BCUT2D eigenvalue weighted by Gasteiger charge is -2.35. The van der Waals surface area contributed by atoms with Crippen molar-refractivity contribution < 1.29 is 0 Å². The van der Waals surface area contributed by atoms with Gasteiger partial charge in [-0.2, -0.15) is 0 Å². The average Bonchev–Trinajstić information content (AvgIpc) is 2.88. The van der Waals surface area contributed by atoms with Crippen molar-refractivity contribution in [1.82, 2.24) is 4.90 Å². The van der Waals surface area contributed by atoms with Crippen molar-refractivity contribution in [2.45, 2.75) is 64.0 Å². The zero-order valence-corrected chi connectivity index (χ0v) is 10.1. The number of hydrogen-bond acceptors (Lipinski definition) is 2. The molecular weight excluding hydrogens is 184 g/mol. The zero-order chi connectivity index (χ0) is 10.7. The molecule has 0 aromatic carbocycles. The standard InChI is InChI=1S/C13H26N2/c1-2-12(10-14)15-9-5-8-13(15)11-6-3-4-7-11/h11-13H,2-10,14H2,1H3. The largest absolute Gasteiger partial charge is 0.329 e. The van der Waals surface area contributed by atoms with Crippen molar-refractivity contribution in [3.8, 4) is 0 Å². The minimum Gasteiger partial charge on any atom is -0.329 e. The van der Waals surface area contributed by atoms with Gasteiger partial charge in [0.25, 0.3) is 0 Å². The van der Waals surface area contributed by atoms with Crippen molar-refractivity contribution in [3.05, 3.63) is 0 Å². The summed E-state index contributed by atoms with van der Waals surface area (Å²) in [7, 11) is 0. The summed E-state index contributed by atoms with van der Waals surface area (Å²) in [5, 5.41) is 0. The molecule has 0 spiro atoms. The summed E-state index contributed by atoms with van der Waals surface area (Å²) < 4.78 is 0. The molecule has 88 valence electrons. The summed E-state index contributed by atoms with van der Waals surface area (Å²) in [5.74, 6) is 0.994. The van der Waals surface area contributed by atoms with E-state index in [4.69, 9.17) is 5.73 Å². The first-order valence-corrected chi connectivity index (χ1v) is 6.82. The normalized spacial score (nSPS) is 31.2. The molecule has 1 aliphatic heterocycles. The lowest BCUT2D eigenvalue weighted by Crippen LogP contribution is -2.45. The fraction of sp³-hybridized carbons (Fsp3) is 1.00. The van der Waals surface area contributed by atoms with Crippen LogP contribution in [0.2, 0.25) is 0 Å². The van der Waals surface area contributed by atoms with Gasteiger partial charge in [-0.15, -0.1) is 0 Å². The van der Waals surface area contributed by atoms with Crippen LogP contribution < -0.4 is 5.73 Å². The fourth-order valence-corrected chi connectivity index (χ4v) is 3.65. The smallest absolute Gasteiger partial charge is 0.0218 e. The zero-order valence-electron chi connectivity index (χ0n) is 10.1. The van der Waals surface area contributed by atoms with Crippen molar-refractivity contribution in [2.24, 2.45) is 11.7 Å². The van der Waals surface area contributed by atoms with E-state index in [2.05, 4.69) is 11.8 Å². The third-order valence-corrected chi connectivity index (χ3v) is 4.50. The summed E-state index contributed by atoms with van der Waals surface area (Å²) >= 11 is 0. The average molecular weight is 210 g/mol. The van der Waals surface area contributed by atoms with Gasteiger partial charge >= 0.3 is 0 Å². The van der Waals surface area contributed by atoms with E-state index in [1.54, 1.807) is 0 Å². The maximum absolute atomic E-state index is 5.88. The second kappa shape index (κ2) is 5.31. The first-order chi connectivity index (χ1) is 7.36. The van der Waals surface area contributed by atoms with Gasteiger partial charge in [0.1, 0.15) is 0 Å². The first kappa shape index (κ1) is 11.4. The Bertz CT molecular complexity index is 175. The molecule has 1 aliphatic carbocycles. The van der Waals surface area contributed by atoms with Crippen LogP contribution in [0.5, 0.6) is 0 Å². The van der Waals surface area contributed by atoms with Gasteiger partial charge in [-0.25, -0.2) is 0 Å². The molecule has 0 bridgehead atoms. The monoisotopic (exact) mass is 210 g/mol. The Morgan fingerprint density at radius 2 is 1.93 bits per heavy atom. The van der Waals surface area contributed by atoms with Gasteiger partial charge in [0, 0.05) is 18.6 Å². The summed E-state index contributed by atoms with van der Waals surface area (Å²) in [4.78, 5) is 2.73. The molecule has 2 unspecified atom stereocenters. The van der Waals surface area contributed by atoms with E-state index in [-0.39, 0.29) is 0 Å². The minimum atomic E-state index is 0.651. The number of rotatable bonds is 4. The minimum absolute atomic E-state index is 0.651. The van der Waals surface area contributed by atoms with Gasteiger partial charge in [0.05, 0.1) is 0 Å². The van der Waals surface area contributed by atoms with Crippen molar-refractivity contribution in [1.29, 1.82) is 0 Å². The Labute approximate surface area is 94.2 Å². The lowest BCUT2D eigenvalue weighted by molar-refractivity contribution is 0.135. The predicted octanol–water partition coefficient (Wildman–Crippen LogP) is 2.38. The molecule has 2 N–H and O–H groups in total. The van der Waals surface area contributed by atoms with Crippen LogP contribution >= 0.6 is 0 Å². The second-order valence-corrected chi connectivity index (χ2v) is 5.29. The molecular formula is C13H26N2. The van der Waals surface area contributed by atoms with Crippen LogP contribution in [0.25, 0.3) is 0 Å². The Hall–Kier alpha value is -0.0800. The van der Waals surface area contributed by atoms with Gasteiger partial charge in [-0.3, -0.25) is 4.90 Å². The lowest BCUT2D eigenvalue weighted by atomic mass is 9.95. The summed E-state index contributed by atoms with van der Waals surface area (Å²) in [6, 6.07) is 1.53. The van der Waals surface area contributed by atoms with Crippen molar-refractivity contribution in [3.63, 3.8) is 0 Å². The van der Waals surface area contributed by atoms with E-state index >= 15 is 0 Å². The molecule has 2 nitrogen and oxygen atoms in total. The highest BCUT2D eigenvalue weighted by molar-refractivity contribution is 4.90. The van der Waals surface area contributed by atoms with Crippen LogP contribution in [0, 0.1) is 5.92 Å². The maximum Gasteiger partial charge on any atom is 0.0218 e. The van der Waals surface area contributed by atoms with Gasteiger partial charge in [-0.05, 0) is 44.6 Å². The summed E-state index contributed by atoms with van der Waals surface area (Å²) in [6.45, 7) is 4.43. The molecule has 2 heteroatoms. The predicted molar refractivity (Wildman–Crippen MR) is 64.8 cm³/mol. The third kappa shape index (κ3) is 2.36. The van der Waals surface area contributed by atoms with Crippen LogP contribution in [0.4, 0.5) is 0 Å². The second-order valence-electron chi connectivity index (χ2n) is 5.29. The van der Waals surface area contributed by atoms with E-state index < -0.39 is 0 Å². The highest BCUT2D eigenvalue weighted by Crippen LogP contribution is 2.36. The molecule has 0 amide bonds. The molecule has 2 rings (SSSR count). The fourth-order valence-electron chi connectivity index (χ4n) is 3.65. The van der Waals surface area contributed by atoms with Crippen LogP contribution in [0.1, 0.15) is 51.9 Å². The maximum atomic E-state index is 5.88. The third-order valence-electron chi connectivity index (χ3n) is 4.50. The van der Waals surface area contributed by atoms with Crippen LogP contribution in [-0.2, 0) is 0 Å². The van der Waals surface area contributed by atoms with Crippen LogP contribution in [0.15, 0.2) is 0 Å². The molecule has 0 aromatic heterocycles. The first-order valence-electron chi connectivity index (χ1n) is 6.82. The molecule has 0 aromatic rings. The van der Waals surface area contributed by atoms with Crippen LogP contribution in [0.3, 0.4) is 0 Å². The number of hydrogen-bond donors (Lipinski definition) is 1. The van der Waals surface area contributed by atoms with Gasteiger partial charge < -0.3 is 5.73 Å². The molecule has 1 saturated carbocycles. The highest BCUT2D eigenvalue weighted by Gasteiger charge is 2.35. The van der Waals surface area contributed by atoms with E-state index in [0.29, 0.717) is 6.04 Å². The Balaban J connectivity index is 1.97. The topological polar surface area (TPSA) is 29.3 Å². The number of likely N-dealkylation sites (tertiary alicyclic amines) is 1. The number of nitrogens with zero attached hydrogens (tertiary/aromatic N) is 1. The van der Waals surface area contributed by atoms with E-state index in [9.17, 15) is 0 Å². The highest BCUT2D eigenvalue weighted by atomic mass is 15.2. The van der Waals surface area contributed by atoms with Crippen molar-refractivity contribution in [2.75, 3.05) is 13.1 Å². The quantitative estimate of drug-likeness (QED) is 0.772. The molecule has 15 heavy (non-hydrogen) atoms. The molecule has 1 saturated heterocycles. The SMILES string of the molecule is CCC(CN)N1CCCC1C1CCCC1. The molecule has 2 atom stereocenters. The van der Waals surface area contributed by atoms with Gasteiger partial charge in [0.15, 0.2) is 0 Å². The number of nitrogens with two attached hydrogens (primary N) is 1. The Morgan fingerprint density at radius 3 is 2.53 bits per heavy atom. The van der Waals surface area contributed by atoms with Gasteiger partial charge in [-0.1, -0.05) is 19.8 Å². The van der Waals surface area contributed by atoms with Crippen molar-refractivity contribution >= 4 is 0 Å². The Kier molecular flexibility index (Phi) is 4.04. The van der Waals surface area contributed by atoms with Gasteiger partial charge in [0.2, 0.25) is 0 Å².